The fourth-order valence-corrected chi connectivity index (χ4v) is 10.0. The SMILES string of the molecule is CC[C@H]1OC(=O)[C@H](C)[C@@H](O[C@H]2C[C@@](C)(OC)[C@@H](O)[C@H](C)O2)[C@H](C)[C@@H](O[C@@H]2O[C@H](C)C[C@H](N(C)C)[C@H]2OC(=O)[C@@H](C)OC(=O)[C@H](CS)NC(C)=O)[C@](C)(O)C[C@@H](C)CN(C)[C@H](C)[C@@H](O)[C@]1(C)O. The van der Waals surface area contributed by atoms with E-state index in [9.17, 15) is 39.6 Å². The number of ether oxygens (including phenoxy) is 8. The van der Waals surface area contributed by atoms with Crippen LogP contribution in [0.4, 0.5) is 0 Å². The molecule has 0 unspecified atom stereocenters. The average Bonchev–Trinajstić information content (AvgIpc) is 3.23. The molecule has 0 aromatic carbocycles. The van der Waals surface area contributed by atoms with Crippen LogP contribution in [0.15, 0.2) is 0 Å². The second-order valence-corrected chi connectivity index (χ2v) is 20.5. The summed E-state index contributed by atoms with van der Waals surface area (Å²) in [4.78, 5) is 56.8. The van der Waals surface area contributed by atoms with Crippen LogP contribution < -0.4 is 5.32 Å². The number of aliphatic hydroxyl groups is 4. The summed E-state index contributed by atoms with van der Waals surface area (Å²) >= 11 is 4.14. The van der Waals surface area contributed by atoms with E-state index >= 15 is 0 Å². The van der Waals surface area contributed by atoms with E-state index in [-0.39, 0.29) is 30.9 Å². The third-order valence-corrected chi connectivity index (χ3v) is 14.3. The number of esters is 3. The highest BCUT2D eigenvalue weighted by atomic mass is 32.1. The molecule has 3 fully saturated rings. The zero-order valence-electron chi connectivity index (χ0n) is 42.1. The number of nitrogens with one attached hydrogen (secondary N) is 1. The summed E-state index contributed by atoms with van der Waals surface area (Å²) in [5.41, 5.74) is -4.72. The van der Waals surface area contributed by atoms with Crippen LogP contribution in [0, 0.1) is 17.8 Å². The van der Waals surface area contributed by atoms with Crippen molar-refractivity contribution in [3.05, 3.63) is 0 Å². The van der Waals surface area contributed by atoms with Gasteiger partial charge in [0.2, 0.25) is 5.91 Å². The number of aliphatic hydroxyl groups excluding tert-OH is 2. The number of cyclic esters (lactones) is 1. The van der Waals surface area contributed by atoms with Crippen LogP contribution >= 0.6 is 12.6 Å². The van der Waals surface area contributed by atoms with Gasteiger partial charge in [-0.1, -0.05) is 20.8 Å². The zero-order chi connectivity index (χ0) is 50.4. The van der Waals surface area contributed by atoms with Gasteiger partial charge in [-0.25, -0.2) is 9.59 Å². The second kappa shape index (κ2) is 24.1. The summed E-state index contributed by atoms with van der Waals surface area (Å²) in [6.45, 7) is 20.0. The van der Waals surface area contributed by atoms with Crippen LogP contribution in [0.25, 0.3) is 0 Å². The van der Waals surface area contributed by atoms with Gasteiger partial charge in [0.15, 0.2) is 24.8 Å². The number of nitrogens with zero attached hydrogens (tertiary/aromatic N) is 2. The van der Waals surface area contributed by atoms with Gasteiger partial charge in [0.05, 0.1) is 47.6 Å². The number of methoxy groups -OCH3 is 1. The van der Waals surface area contributed by atoms with Crippen LogP contribution in [-0.4, -0.2) is 197 Å². The Hall–Kier alpha value is -2.21. The maximum atomic E-state index is 14.5. The van der Waals surface area contributed by atoms with E-state index in [1.165, 1.54) is 27.9 Å². The van der Waals surface area contributed by atoms with E-state index in [2.05, 4.69) is 17.9 Å². The third-order valence-electron chi connectivity index (χ3n) is 13.9. The zero-order valence-corrected chi connectivity index (χ0v) is 43.0. The van der Waals surface area contributed by atoms with Gasteiger partial charge in [0.25, 0.3) is 0 Å². The van der Waals surface area contributed by atoms with Crippen molar-refractivity contribution in [3.63, 3.8) is 0 Å². The summed E-state index contributed by atoms with van der Waals surface area (Å²) < 4.78 is 49.9. The molecule has 5 N–H and O–H groups in total. The Balaban J connectivity index is 2.21. The minimum Gasteiger partial charge on any atom is -0.459 e. The molecule has 384 valence electrons. The van der Waals surface area contributed by atoms with Crippen molar-refractivity contribution in [1.29, 1.82) is 0 Å². The van der Waals surface area contributed by atoms with Crippen LogP contribution in [0.3, 0.4) is 0 Å². The third kappa shape index (κ3) is 14.2. The molecule has 0 aromatic heterocycles. The topological polar surface area (TPSA) is 242 Å². The molecule has 20 atom stereocenters. The Morgan fingerprint density at radius 2 is 1.59 bits per heavy atom. The van der Waals surface area contributed by atoms with E-state index in [4.69, 9.17) is 37.9 Å². The number of rotatable bonds is 13. The quantitative estimate of drug-likeness (QED) is 0.0877. The maximum Gasteiger partial charge on any atom is 0.347 e. The minimum absolute atomic E-state index is 0.0513. The predicted octanol–water partition coefficient (Wildman–Crippen LogP) is 1.82. The maximum absolute atomic E-state index is 14.5. The van der Waals surface area contributed by atoms with Crippen molar-refractivity contribution in [2.45, 2.75) is 211 Å². The largest absolute Gasteiger partial charge is 0.459 e. The smallest absolute Gasteiger partial charge is 0.347 e. The van der Waals surface area contributed by atoms with Crippen molar-refractivity contribution < 1.29 is 77.5 Å². The van der Waals surface area contributed by atoms with Gasteiger partial charge >= 0.3 is 17.9 Å². The molecule has 3 aliphatic rings. The molecule has 1 amide bonds. The Labute approximate surface area is 397 Å². The Morgan fingerprint density at radius 1 is 0.970 bits per heavy atom. The first-order valence-electron chi connectivity index (χ1n) is 23.3. The molecule has 0 radical (unpaired) electrons. The standard InChI is InChI=1S/C46H83N3O16S/c1-17-33-46(12,57)37(51)27(6)49(15)21-23(2)19-44(10,56)39(25(4)35(26(5)40(53)62-33)63-34-20-45(11,58-16)38(52)28(7)60-34)65-43-36(32(48(13)14)18-24(3)59-43)64-41(54)29(8)61-42(55)31(22-66)47-30(9)50/h23-29,31-39,43,51-52,56-57,66H,17-22H2,1-16H3,(H,47,50)/t23-,24-,25+,26-,27-,28+,29-,31+,32+,33-,34+,35+,36-,37-,38+,39-,43+,44-,45-,46-/m1/s1. The van der Waals surface area contributed by atoms with Crippen LogP contribution in [0.1, 0.15) is 109 Å². The van der Waals surface area contributed by atoms with Crippen LogP contribution in [-0.2, 0) is 57.1 Å². The second-order valence-electron chi connectivity index (χ2n) is 20.1. The van der Waals surface area contributed by atoms with E-state index in [0.717, 1.165) is 0 Å². The van der Waals surface area contributed by atoms with Crippen molar-refractivity contribution in [1.82, 2.24) is 15.1 Å². The lowest BCUT2D eigenvalue weighted by atomic mass is 9.77. The first-order chi connectivity index (χ1) is 30.4. The van der Waals surface area contributed by atoms with E-state index in [1.807, 2.05) is 37.7 Å². The Bertz CT molecular complexity index is 1610. The van der Waals surface area contributed by atoms with Gasteiger partial charge in [0, 0.05) is 44.7 Å². The molecule has 0 aliphatic carbocycles. The lowest BCUT2D eigenvalue weighted by molar-refractivity contribution is -0.319. The number of amides is 1. The van der Waals surface area contributed by atoms with E-state index < -0.39 is 138 Å². The van der Waals surface area contributed by atoms with Crippen molar-refractivity contribution >= 4 is 36.4 Å². The number of carbonyl (C=O) groups is 4. The molecule has 66 heavy (non-hydrogen) atoms. The van der Waals surface area contributed by atoms with Gasteiger partial charge in [-0.05, 0) is 102 Å². The van der Waals surface area contributed by atoms with Gasteiger partial charge < -0.3 is 73.4 Å². The average molecular weight is 966 g/mol. The molecule has 0 spiro atoms. The van der Waals surface area contributed by atoms with Gasteiger partial charge in [-0.2, -0.15) is 12.6 Å². The summed E-state index contributed by atoms with van der Waals surface area (Å²) in [6.07, 6.45) is -11.4. The molecule has 0 aromatic rings. The van der Waals surface area contributed by atoms with E-state index in [1.54, 1.807) is 55.5 Å². The number of hydrogen-bond acceptors (Lipinski definition) is 19. The summed E-state index contributed by atoms with van der Waals surface area (Å²) in [7, 11) is 6.89. The molecule has 19 nitrogen and oxygen atoms in total. The number of carbonyl (C=O) groups excluding carboxylic acids is 4. The molecule has 0 bridgehead atoms. The molecule has 3 saturated heterocycles. The highest BCUT2D eigenvalue weighted by Gasteiger charge is 2.53. The molecular formula is C46H83N3O16S. The number of hydrogen-bond donors (Lipinski definition) is 6. The first kappa shape index (κ1) is 58.1. The normalized spacial score (nSPS) is 42.3. The van der Waals surface area contributed by atoms with E-state index in [0.29, 0.717) is 13.0 Å². The molecule has 3 rings (SSSR count). The highest BCUT2D eigenvalue weighted by Crippen LogP contribution is 2.40. The van der Waals surface area contributed by atoms with Gasteiger partial charge in [-0.15, -0.1) is 0 Å². The Kier molecular flexibility index (Phi) is 21.2. The summed E-state index contributed by atoms with van der Waals surface area (Å²) in [5, 5.41) is 49.9. The lowest BCUT2D eigenvalue weighted by Gasteiger charge is -2.49. The van der Waals surface area contributed by atoms with Gasteiger partial charge in [0.1, 0.15) is 30.0 Å². The number of likely N-dealkylation sites (N-methyl/N-ethyl adjacent to an activating group) is 2. The van der Waals surface area contributed by atoms with Crippen LogP contribution in [0.2, 0.25) is 0 Å². The molecule has 20 heteroatoms. The van der Waals surface area contributed by atoms with Crippen molar-refractivity contribution in [2.75, 3.05) is 40.6 Å². The highest BCUT2D eigenvalue weighted by molar-refractivity contribution is 7.80. The molecule has 3 heterocycles. The summed E-state index contributed by atoms with van der Waals surface area (Å²) in [5.74, 6) is -5.45. The van der Waals surface area contributed by atoms with Crippen molar-refractivity contribution in [2.24, 2.45) is 17.8 Å². The summed E-state index contributed by atoms with van der Waals surface area (Å²) in [6, 6.07) is -2.24. The Morgan fingerprint density at radius 3 is 2.14 bits per heavy atom. The molecule has 0 saturated carbocycles. The minimum atomic E-state index is -1.88. The molecular weight excluding hydrogens is 883 g/mol. The number of thiol groups is 1. The molecule has 3 aliphatic heterocycles. The van der Waals surface area contributed by atoms with Crippen molar-refractivity contribution in [3.8, 4) is 0 Å². The monoisotopic (exact) mass is 966 g/mol. The fourth-order valence-electron chi connectivity index (χ4n) is 9.81. The van der Waals surface area contributed by atoms with Crippen LogP contribution in [0.5, 0.6) is 0 Å². The predicted molar refractivity (Wildman–Crippen MR) is 245 cm³/mol. The van der Waals surface area contributed by atoms with Gasteiger partial charge in [-0.3, -0.25) is 9.59 Å². The lowest BCUT2D eigenvalue weighted by Crippen LogP contribution is -2.61. The fraction of sp³-hybridized carbons (Fsp3) is 0.913. The first-order valence-corrected chi connectivity index (χ1v) is 23.9.